The number of hydrogen-bond donors (Lipinski definition) is 0. The molecule has 2 aliphatic rings. The molecule has 0 N–H and O–H groups in total. The SMILES string of the molecule is CCCCOC(=O)[C@H]1C[C@H]2C=C[C@@H]1C2. The second kappa shape index (κ2) is 4.16. The molecule has 1 saturated carbocycles. The lowest BCUT2D eigenvalue weighted by Gasteiger charge is -2.16. The van der Waals surface area contributed by atoms with Crippen molar-refractivity contribution < 1.29 is 9.53 Å². The summed E-state index contributed by atoms with van der Waals surface area (Å²) in [6.07, 6.45) is 8.71. The number of fused-ring (bicyclic) bond motifs is 2. The Morgan fingerprint density at radius 2 is 2.29 bits per heavy atom. The summed E-state index contributed by atoms with van der Waals surface area (Å²) in [5, 5.41) is 0. The van der Waals surface area contributed by atoms with Crippen LogP contribution in [0.5, 0.6) is 0 Å². The van der Waals surface area contributed by atoms with Crippen molar-refractivity contribution in [2.75, 3.05) is 6.61 Å². The molecule has 78 valence electrons. The molecule has 0 saturated heterocycles. The van der Waals surface area contributed by atoms with Crippen molar-refractivity contribution in [3.63, 3.8) is 0 Å². The monoisotopic (exact) mass is 194 g/mol. The quantitative estimate of drug-likeness (QED) is 0.390. The van der Waals surface area contributed by atoms with E-state index in [9.17, 15) is 4.79 Å². The molecule has 0 aliphatic heterocycles. The molecule has 0 aromatic rings. The molecule has 0 aromatic heterocycles. The number of esters is 1. The Balaban J connectivity index is 1.79. The summed E-state index contributed by atoms with van der Waals surface area (Å²) in [6, 6.07) is 0. The van der Waals surface area contributed by atoms with E-state index in [4.69, 9.17) is 4.74 Å². The molecule has 0 radical (unpaired) electrons. The highest BCUT2D eigenvalue weighted by molar-refractivity contribution is 5.74. The Morgan fingerprint density at radius 1 is 1.43 bits per heavy atom. The van der Waals surface area contributed by atoms with Crippen LogP contribution < -0.4 is 0 Å². The average molecular weight is 194 g/mol. The predicted molar refractivity (Wildman–Crippen MR) is 54.7 cm³/mol. The third-order valence-electron chi connectivity index (χ3n) is 3.32. The van der Waals surface area contributed by atoms with Gasteiger partial charge in [-0.05, 0) is 31.1 Å². The van der Waals surface area contributed by atoms with Crippen molar-refractivity contribution in [1.82, 2.24) is 0 Å². The van der Waals surface area contributed by atoms with Gasteiger partial charge in [0.25, 0.3) is 0 Å². The Hall–Kier alpha value is -0.790. The Morgan fingerprint density at radius 3 is 2.86 bits per heavy atom. The predicted octanol–water partition coefficient (Wildman–Crippen LogP) is 2.54. The fraction of sp³-hybridized carbons (Fsp3) is 0.750. The highest BCUT2D eigenvalue weighted by atomic mass is 16.5. The number of carbonyl (C=O) groups excluding carboxylic acids is 1. The van der Waals surface area contributed by atoms with E-state index in [1.807, 2.05) is 0 Å². The standard InChI is InChI=1S/C12H18O2/c1-2-3-6-14-12(13)11-8-9-4-5-10(11)7-9/h4-5,9-11H,2-3,6-8H2,1H3/t9-,10+,11-/m0/s1. The first-order valence-electron chi connectivity index (χ1n) is 5.66. The molecule has 0 spiro atoms. The van der Waals surface area contributed by atoms with Crippen molar-refractivity contribution in [3.05, 3.63) is 12.2 Å². The minimum Gasteiger partial charge on any atom is -0.465 e. The van der Waals surface area contributed by atoms with Gasteiger partial charge in [0, 0.05) is 0 Å². The zero-order valence-electron chi connectivity index (χ0n) is 8.74. The second-order valence-electron chi connectivity index (χ2n) is 4.41. The molecule has 14 heavy (non-hydrogen) atoms. The molecule has 2 nitrogen and oxygen atoms in total. The van der Waals surface area contributed by atoms with Crippen LogP contribution in [0.15, 0.2) is 12.2 Å². The van der Waals surface area contributed by atoms with Gasteiger partial charge in [-0.2, -0.15) is 0 Å². The number of allylic oxidation sites excluding steroid dienone is 2. The highest BCUT2D eigenvalue weighted by Crippen LogP contribution is 2.43. The van der Waals surface area contributed by atoms with Gasteiger partial charge in [0.15, 0.2) is 0 Å². The fourth-order valence-corrected chi connectivity index (χ4v) is 2.48. The van der Waals surface area contributed by atoms with Gasteiger partial charge >= 0.3 is 5.97 Å². The molecule has 0 aromatic carbocycles. The van der Waals surface area contributed by atoms with E-state index in [-0.39, 0.29) is 11.9 Å². The number of ether oxygens (including phenoxy) is 1. The van der Waals surface area contributed by atoms with Gasteiger partial charge < -0.3 is 4.74 Å². The van der Waals surface area contributed by atoms with Crippen molar-refractivity contribution in [2.45, 2.75) is 32.6 Å². The van der Waals surface area contributed by atoms with Crippen molar-refractivity contribution >= 4 is 5.97 Å². The molecule has 2 aliphatic carbocycles. The normalized spacial score (nSPS) is 33.6. The van der Waals surface area contributed by atoms with Crippen LogP contribution in [-0.2, 0) is 9.53 Å². The highest BCUT2D eigenvalue weighted by Gasteiger charge is 2.40. The lowest BCUT2D eigenvalue weighted by atomic mass is 9.94. The van der Waals surface area contributed by atoms with Crippen LogP contribution in [0.1, 0.15) is 32.6 Å². The number of carbonyl (C=O) groups is 1. The van der Waals surface area contributed by atoms with Gasteiger partial charge in [0.05, 0.1) is 12.5 Å². The molecule has 2 heteroatoms. The van der Waals surface area contributed by atoms with Crippen LogP contribution in [0.3, 0.4) is 0 Å². The van der Waals surface area contributed by atoms with E-state index in [1.165, 1.54) is 6.42 Å². The van der Waals surface area contributed by atoms with Gasteiger partial charge in [-0.15, -0.1) is 0 Å². The fourth-order valence-electron chi connectivity index (χ4n) is 2.48. The summed E-state index contributed by atoms with van der Waals surface area (Å²) in [5.41, 5.74) is 0. The number of rotatable bonds is 4. The van der Waals surface area contributed by atoms with Gasteiger partial charge in [-0.1, -0.05) is 25.5 Å². The lowest BCUT2D eigenvalue weighted by Crippen LogP contribution is -2.21. The Labute approximate surface area is 85.3 Å². The first kappa shape index (κ1) is 9.75. The summed E-state index contributed by atoms with van der Waals surface area (Å²) in [4.78, 5) is 11.7. The van der Waals surface area contributed by atoms with Crippen molar-refractivity contribution in [3.8, 4) is 0 Å². The van der Waals surface area contributed by atoms with Crippen LogP contribution in [0.25, 0.3) is 0 Å². The molecule has 1 fully saturated rings. The zero-order valence-corrected chi connectivity index (χ0v) is 8.74. The third-order valence-corrected chi connectivity index (χ3v) is 3.32. The molecule has 3 atom stereocenters. The van der Waals surface area contributed by atoms with E-state index < -0.39 is 0 Å². The van der Waals surface area contributed by atoms with E-state index in [0.717, 1.165) is 19.3 Å². The smallest absolute Gasteiger partial charge is 0.309 e. The summed E-state index contributed by atoms with van der Waals surface area (Å²) in [7, 11) is 0. The summed E-state index contributed by atoms with van der Waals surface area (Å²) >= 11 is 0. The Bertz CT molecular complexity index is 245. The van der Waals surface area contributed by atoms with Gasteiger partial charge in [-0.25, -0.2) is 0 Å². The molecule has 0 heterocycles. The van der Waals surface area contributed by atoms with Crippen LogP contribution in [0, 0.1) is 17.8 Å². The van der Waals surface area contributed by atoms with Gasteiger partial charge in [-0.3, -0.25) is 4.79 Å². The first-order chi connectivity index (χ1) is 6.81. The lowest BCUT2D eigenvalue weighted by molar-refractivity contribution is -0.149. The van der Waals surface area contributed by atoms with Crippen molar-refractivity contribution in [2.24, 2.45) is 17.8 Å². The van der Waals surface area contributed by atoms with Crippen LogP contribution >= 0.6 is 0 Å². The van der Waals surface area contributed by atoms with Gasteiger partial charge in [0.1, 0.15) is 0 Å². The largest absolute Gasteiger partial charge is 0.465 e. The maximum absolute atomic E-state index is 11.7. The maximum Gasteiger partial charge on any atom is 0.309 e. The number of unbranched alkanes of at least 4 members (excludes halogenated alkanes) is 1. The molecule has 2 bridgehead atoms. The van der Waals surface area contributed by atoms with Crippen molar-refractivity contribution in [1.29, 1.82) is 0 Å². The molecule has 0 amide bonds. The van der Waals surface area contributed by atoms with Crippen LogP contribution in [-0.4, -0.2) is 12.6 Å². The number of hydrogen-bond acceptors (Lipinski definition) is 2. The summed E-state index contributed by atoms with van der Waals surface area (Å²) < 4.78 is 5.25. The van der Waals surface area contributed by atoms with Crippen LogP contribution in [0.2, 0.25) is 0 Å². The first-order valence-corrected chi connectivity index (χ1v) is 5.66. The second-order valence-corrected chi connectivity index (χ2v) is 4.41. The van der Waals surface area contributed by atoms with E-state index in [0.29, 0.717) is 18.4 Å². The molecule has 2 rings (SSSR count). The third kappa shape index (κ3) is 1.84. The van der Waals surface area contributed by atoms with E-state index in [1.54, 1.807) is 0 Å². The maximum atomic E-state index is 11.7. The minimum atomic E-state index is 0.0373. The van der Waals surface area contributed by atoms with Gasteiger partial charge in [0.2, 0.25) is 0 Å². The van der Waals surface area contributed by atoms with E-state index >= 15 is 0 Å². The van der Waals surface area contributed by atoms with E-state index in [2.05, 4.69) is 19.1 Å². The molecule has 0 unspecified atom stereocenters. The summed E-state index contributed by atoms with van der Waals surface area (Å²) in [6.45, 7) is 2.71. The zero-order chi connectivity index (χ0) is 9.97. The minimum absolute atomic E-state index is 0.0373. The molecular formula is C12H18O2. The molecular weight excluding hydrogens is 176 g/mol. The Kier molecular flexibility index (Phi) is 2.90. The average Bonchev–Trinajstić information content (AvgIpc) is 2.79. The van der Waals surface area contributed by atoms with Crippen LogP contribution in [0.4, 0.5) is 0 Å². The summed E-state index contributed by atoms with van der Waals surface area (Å²) in [5.74, 6) is 1.34. The topological polar surface area (TPSA) is 26.3 Å².